The van der Waals surface area contributed by atoms with E-state index in [0.717, 1.165) is 106 Å². The number of likely N-dealkylation sites (tertiary alicyclic amines) is 2. The highest BCUT2D eigenvalue weighted by atomic mass is 35.5. The molecule has 5 fully saturated rings. The molecule has 0 radical (unpaired) electrons. The predicted molar refractivity (Wildman–Crippen MR) is 273 cm³/mol. The quantitative estimate of drug-likeness (QED) is 0.121. The van der Waals surface area contributed by atoms with Crippen molar-refractivity contribution in [1.29, 1.82) is 0 Å². The molecule has 374 valence electrons. The number of amides is 3. The van der Waals surface area contributed by atoms with Gasteiger partial charge >= 0.3 is 0 Å². The lowest BCUT2D eigenvalue weighted by molar-refractivity contribution is -0.145. The molecule has 3 saturated heterocycles. The van der Waals surface area contributed by atoms with Gasteiger partial charge in [0.2, 0.25) is 23.7 Å². The molecule has 16 nitrogen and oxygen atoms in total. The summed E-state index contributed by atoms with van der Waals surface area (Å²) in [7, 11) is 0. The number of anilines is 3. The van der Waals surface area contributed by atoms with Crippen LogP contribution in [0.15, 0.2) is 60.9 Å². The minimum absolute atomic E-state index is 0.00158. The molecule has 2 aliphatic carbocycles. The number of fused-ring (bicyclic) bond motifs is 3. The van der Waals surface area contributed by atoms with Crippen LogP contribution in [0.4, 0.5) is 17.5 Å². The average molecular weight is 985 g/mol. The molecule has 0 bridgehead atoms. The van der Waals surface area contributed by atoms with E-state index in [-0.39, 0.29) is 65.4 Å². The molecule has 71 heavy (non-hydrogen) atoms. The van der Waals surface area contributed by atoms with Crippen LogP contribution in [0.3, 0.4) is 0 Å². The fourth-order valence-corrected chi connectivity index (χ4v) is 12.3. The number of rotatable bonds is 10. The van der Waals surface area contributed by atoms with Gasteiger partial charge in [0.05, 0.1) is 28.5 Å². The van der Waals surface area contributed by atoms with E-state index < -0.39 is 23.6 Å². The first-order chi connectivity index (χ1) is 34.1. The number of carbonyl (C=O) groups excluding carboxylic acids is 3. The third kappa shape index (κ3) is 10.1. The van der Waals surface area contributed by atoms with Gasteiger partial charge in [0.25, 0.3) is 0 Å². The Balaban J connectivity index is 0.668. The monoisotopic (exact) mass is 983 g/mol. The maximum atomic E-state index is 14.2. The molecule has 2 aromatic heterocycles. The zero-order valence-electron chi connectivity index (χ0n) is 41.0. The van der Waals surface area contributed by atoms with E-state index >= 15 is 0 Å². The first kappa shape index (κ1) is 48.6. The van der Waals surface area contributed by atoms with Gasteiger partial charge in [0.1, 0.15) is 17.8 Å². The van der Waals surface area contributed by atoms with Crippen LogP contribution in [0.2, 0.25) is 5.02 Å². The molecule has 2 saturated carbocycles. The van der Waals surface area contributed by atoms with Crippen molar-refractivity contribution in [2.24, 2.45) is 16.7 Å². The predicted octanol–water partition coefficient (Wildman–Crippen LogP) is 5.72. The summed E-state index contributed by atoms with van der Waals surface area (Å²) in [5.41, 5.74) is 4.57. The standard InChI is InChI=1S/C54H66ClN11O5/c1-5-33-9-11-34(12-10-33)27-57-50(70)45-23-40(67)32-66(45)51(71)47(53(2,3)4)60-49(69)36-13-17-54(18-14-36)25-38(26-54)63-19-15-35(16-20-63)37-28-58-52(59-29-37)64-21-22-65-39(31-64)30-56-48-44(65)24-43(61-62-48)41-7-6-8-42(55)46(41)68/h1,6-12,24,28-29,35-36,38-40,45,47,67-68H,13-23,25-27,30-32H2,2-4H3,(H,56,62)(H,57,70)(H,60,69)/t36-,38-,39-,40-,45+,47-,54?/m1/s1. The molecule has 4 aliphatic heterocycles. The van der Waals surface area contributed by atoms with Gasteiger partial charge in [-0.1, -0.05) is 56.5 Å². The van der Waals surface area contributed by atoms with Gasteiger partial charge in [-0.05, 0) is 123 Å². The first-order valence-corrected chi connectivity index (χ1v) is 25.8. The number of benzene rings is 2. The van der Waals surface area contributed by atoms with E-state index in [1.165, 1.54) is 23.3 Å². The number of phenolic OH excluding ortho intramolecular Hbond substituents is 1. The van der Waals surface area contributed by atoms with Crippen molar-refractivity contribution in [3.8, 4) is 29.4 Å². The third-order valence-electron chi connectivity index (χ3n) is 16.4. The van der Waals surface area contributed by atoms with Crippen LogP contribution in [0.5, 0.6) is 5.75 Å². The summed E-state index contributed by atoms with van der Waals surface area (Å²) < 4.78 is 0. The number of aromatic nitrogens is 4. The Morgan fingerprint density at radius 2 is 1.68 bits per heavy atom. The van der Waals surface area contributed by atoms with E-state index in [0.29, 0.717) is 23.2 Å². The number of terminal acetylenes is 1. The zero-order valence-corrected chi connectivity index (χ0v) is 41.7. The summed E-state index contributed by atoms with van der Waals surface area (Å²) in [5.74, 6) is 3.56. The van der Waals surface area contributed by atoms with Gasteiger partial charge in [-0.15, -0.1) is 16.6 Å². The van der Waals surface area contributed by atoms with Crippen LogP contribution in [-0.4, -0.2) is 134 Å². The second-order valence-electron chi connectivity index (χ2n) is 22.0. The maximum Gasteiger partial charge on any atom is 0.246 e. The van der Waals surface area contributed by atoms with Crippen LogP contribution in [-0.2, 0) is 20.9 Å². The van der Waals surface area contributed by atoms with Crippen molar-refractivity contribution in [3.63, 3.8) is 0 Å². The van der Waals surface area contributed by atoms with Gasteiger partial charge in [0.15, 0.2) is 5.82 Å². The van der Waals surface area contributed by atoms with Gasteiger partial charge < -0.3 is 45.8 Å². The van der Waals surface area contributed by atoms with Crippen LogP contribution >= 0.6 is 11.6 Å². The molecule has 6 heterocycles. The maximum absolute atomic E-state index is 14.2. The molecule has 0 unspecified atom stereocenters. The number of aliphatic hydroxyl groups excluding tert-OH is 1. The third-order valence-corrected chi connectivity index (χ3v) is 16.7. The minimum Gasteiger partial charge on any atom is -0.506 e. The number of hydrogen-bond acceptors (Lipinski definition) is 13. The minimum atomic E-state index is -0.843. The fraction of sp³-hybridized carbons (Fsp3) is 0.537. The Morgan fingerprint density at radius 1 is 0.944 bits per heavy atom. The Labute approximate surface area is 421 Å². The molecule has 10 rings (SSSR count). The smallest absolute Gasteiger partial charge is 0.246 e. The van der Waals surface area contributed by atoms with Crippen LogP contribution < -0.4 is 25.8 Å². The molecular weight excluding hydrogens is 918 g/mol. The van der Waals surface area contributed by atoms with Crippen molar-refractivity contribution in [2.75, 3.05) is 60.9 Å². The number of nitrogens with one attached hydrogen (secondary N) is 3. The Kier molecular flexibility index (Phi) is 13.6. The number of aromatic hydroxyl groups is 1. The topological polar surface area (TPSA) is 192 Å². The Morgan fingerprint density at radius 3 is 2.38 bits per heavy atom. The number of β-amino-alcohol motifs (C(OH)–C–C–N with tert-alkyl or cyclic N) is 1. The second kappa shape index (κ2) is 19.9. The molecule has 5 N–H and O–H groups in total. The highest BCUT2D eigenvalue weighted by Gasteiger charge is 2.50. The summed E-state index contributed by atoms with van der Waals surface area (Å²) in [6.45, 7) is 11.2. The lowest BCUT2D eigenvalue weighted by Crippen LogP contribution is -2.59. The number of halogens is 1. The fourth-order valence-electron chi connectivity index (χ4n) is 12.1. The summed E-state index contributed by atoms with van der Waals surface area (Å²) in [6.07, 6.45) is 17.0. The van der Waals surface area contributed by atoms with E-state index in [2.05, 4.69) is 46.8 Å². The van der Waals surface area contributed by atoms with Crippen LogP contribution in [0.1, 0.15) is 101 Å². The number of carbonyl (C=O) groups is 3. The van der Waals surface area contributed by atoms with E-state index in [1.807, 2.05) is 63.5 Å². The lowest BCUT2D eigenvalue weighted by atomic mass is 9.56. The summed E-state index contributed by atoms with van der Waals surface area (Å²) in [5, 5.41) is 39.8. The summed E-state index contributed by atoms with van der Waals surface area (Å²) in [4.78, 5) is 60.1. The molecule has 4 atom stereocenters. The van der Waals surface area contributed by atoms with Crippen molar-refractivity contribution in [1.82, 2.24) is 40.6 Å². The van der Waals surface area contributed by atoms with Gasteiger partial charge in [-0.25, -0.2) is 9.97 Å². The van der Waals surface area contributed by atoms with E-state index in [4.69, 9.17) is 28.0 Å². The lowest BCUT2D eigenvalue weighted by Gasteiger charge is -2.55. The first-order valence-electron chi connectivity index (χ1n) is 25.4. The highest BCUT2D eigenvalue weighted by Crippen LogP contribution is 2.55. The molecule has 17 heteroatoms. The number of nitrogens with zero attached hydrogens (tertiary/aromatic N) is 8. The number of piperidine rings is 1. The van der Waals surface area contributed by atoms with Gasteiger partial charge in [-0.3, -0.25) is 14.4 Å². The van der Waals surface area contributed by atoms with Crippen molar-refractivity contribution < 1.29 is 24.6 Å². The van der Waals surface area contributed by atoms with E-state index in [9.17, 15) is 24.6 Å². The largest absolute Gasteiger partial charge is 0.506 e. The number of hydrogen-bond donors (Lipinski definition) is 5. The Bertz CT molecular complexity index is 2650. The number of aliphatic hydroxyl groups is 1. The van der Waals surface area contributed by atoms with Crippen molar-refractivity contribution in [2.45, 2.75) is 121 Å². The number of piperazine rings is 1. The molecule has 6 aliphatic rings. The number of phenols is 1. The van der Waals surface area contributed by atoms with Crippen LogP contribution in [0, 0.1) is 29.1 Å². The SMILES string of the molecule is C#Cc1ccc(CNC(=O)[C@@H]2C[C@@H](O)CN2C(=O)[C@@H](NC(=O)[C@H]2CCC3(CC2)C[C@H](N2CCC(c4cnc(N5CCN6c7cc(-c8cccc(Cl)c8O)nnc7NC[C@@H]6C5)nc4)CC2)C3)C(C)(C)C)cc1. The van der Waals surface area contributed by atoms with Gasteiger partial charge in [-0.2, -0.15) is 0 Å². The van der Waals surface area contributed by atoms with Crippen LogP contribution in [0.25, 0.3) is 11.3 Å². The molecule has 1 spiro atoms. The van der Waals surface area contributed by atoms with Crippen molar-refractivity contribution in [3.05, 3.63) is 82.6 Å². The average Bonchev–Trinajstić information content (AvgIpc) is 3.78. The molecular formula is C54H66ClN11O5. The normalized spacial score (nSPS) is 26.1. The van der Waals surface area contributed by atoms with E-state index in [1.54, 1.807) is 18.2 Å². The number of para-hydroxylation sites is 1. The molecule has 2 aromatic carbocycles. The summed E-state index contributed by atoms with van der Waals surface area (Å²) in [6, 6.07) is 13.6. The zero-order chi connectivity index (χ0) is 49.6. The second-order valence-corrected chi connectivity index (χ2v) is 22.4. The highest BCUT2D eigenvalue weighted by molar-refractivity contribution is 6.32. The Hall–Kier alpha value is -6.02. The van der Waals surface area contributed by atoms with Gasteiger partial charge in [0, 0.05) is 81.2 Å². The molecule has 4 aromatic rings. The van der Waals surface area contributed by atoms with Crippen molar-refractivity contribution >= 4 is 46.8 Å². The summed E-state index contributed by atoms with van der Waals surface area (Å²) >= 11 is 6.20. The molecule has 3 amide bonds.